The lowest BCUT2D eigenvalue weighted by Crippen LogP contribution is -2.51. The number of nitrogens with zero attached hydrogens (tertiary/aromatic N) is 2. The molecule has 6 heteroatoms. The highest BCUT2D eigenvalue weighted by Crippen LogP contribution is 2.64. The van der Waals surface area contributed by atoms with E-state index in [9.17, 15) is 9.59 Å². The highest BCUT2D eigenvalue weighted by molar-refractivity contribution is 5.72. The second-order valence-corrected chi connectivity index (χ2v) is 13.1. The molecule has 1 aromatic rings. The summed E-state index contributed by atoms with van der Waals surface area (Å²) in [4.78, 5) is 22.8. The predicted octanol–water partition coefficient (Wildman–Crippen LogP) is 5.40. The van der Waals surface area contributed by atoms with Crippen LogP contribution in [0.1, 0.15) is 102 Å². The Morgan fingerprint density at radius 3 is 2.59 bits per heavy atom. The first kappa shape index (κ1) is 26.4. The number of allylic oxidation sites excluding steroid dienone is 1. The fraction of sp³-hybridized carbons (Fsp3) is 0.742. The Morgan fingerprint density at radius 1 is 1.11 bits per heavy atom. The van der Waals surface area contributed by atoms with Crippen LogP contribution in [0.15, 0.2) is 11.6 Å². The third-order valence-electron chi connectivity index (χ3n) is 10.7. The maximum Gasteiger partial charge on any atom is 0.302 e. The Balaban J connectivity index is 1.35. The van der Waals surface area contributed by atoms with E-state index in [-0.39, 0.29) is 28.8 Å². The van der Waals surface area contributed by atoms with E-state index in [0.29, 0.717) is 30.2 Å². The van der Waals surface area contributed by atoms with Crippen molar-refractivity contribution in [1.29, 1.82) is 0 Å². The Hall–Kier alpha value is -2.24. The minimum Gasteiger partial charge on any atom is -0.462 e. The normalized spacial score (nSPS) is 34.8. The van der Waals surface area contributed by atoms with Gasteiger partial charge < -0.3 is 10.1 Å². The van der Waals surface area contributed by atoms with Crippen LogP contribution in [0, 0.1) is 36.0 Å². The van der Waals surface area contributed by atoms with E-state index in [1.54, 1.807) is 6.92 Å². The van der Waals surface area contributed by atoms with E-state index < -0.39 is 0 Å². The number of amides is 1. The van der Waals surface area contributed by atoms with Crippen molar-refractivity contribution in [2.24, 2.45) is 29.1 Å². The highest BCUT2D eigenvalue weighted by atomic mass is 16.5. The highest BCUT2D eigenvalue weighted by Gasteiger charge is 2.58. The van der Waals surface area contributed by atoms with Gasteiger partial charge in [-0.05, 0) is 104 Å². The van der Waals surface area contributed by atoms with E-state index >= 15 is 0 Å². The molecule has 0 radical (unpaired) electrons. The summed E-state index contributed by atoms with van der Waals surface area (Å²) in [5.41, 5.74) is 7.17. The van der Waals surface area contributed by atoms with Crippen molar-refractivity contribution in [3.63, 3.8) is 0 Å². The van der Waals surface area contributed by atoms with Crippen molar-refractivity contribution in [3.8, 4) is 0 Å². The molecule has 1 aromatic heterocycles. The van der Waals surface area contributed by atoms with Gasteiger partial charge in [-0.25, -0.2) is 0 Å². The van der Waals surface area contributed by atoms with Gasteiger partial charge in [0.25, 0.3) is 0 Å². The molecule has 0 bridgehead atoms. The summed E-state index contributed by atoms with van der Waals surface area (Å²) < 4.78 is 5.62. The number of esters is 1. The summed E-state index contributed by atoms with van der Waals surface area (Å²) in [5, 5.41) is 12.5. The maximum absolute atomic E-state index is 11.6. The van der Waals surface area contributed by atoms with Gasteiger partial charge in [-0.1, -0.05) is 32.4 Å². The number of rotatable bonds is 6. The van der Waals surface area contributed by atoms with E-state index in [2.05, 4.69) is 39.1 Å². The molecule has 0 aliphatic heterocycles. The average Bonchev–Trinajstić information content (AvgIpc) is 3.15. The quantitative estimate of drug-likeness (QED) is 0.412. The summed E-state index contributed by atoms with van der Waals surface area (Å²) >= 11 is 0. The lowest BCUT2D eigenvalue weighted by molar-refractivity contribution is -0.148. The van der Waals surface area contributed by atoms with Crippen molar-refractivity contribution < 1.29 is 14.3 Å². The molecule has 0 aromatic carbocycles. The van der Waals surface area contributed by atoms with E-state index in [1.165, 1.54) is 42.2 Å². The van der Waals surface area contributed by atoms with Crippen LogP contribution in [0.3, 0.4) is 0 Å². The number of hydrogen-bond donors (Lipinski definition) is 1. The Bertz CT molecular complexity index is 1110. The number of aromatic nitrogens is 2. The van der Waals surface area contributed by atoms with Gasteiger partial charge >= 0.3 is 5.97 Å². The molecule has 4 aliphatic rings. The largest absolute Gasteiger partial charge is 0.462 e. The molecule has 202 valence electrons. The Morgan fingerprint density at radius 2 is 1.86 bits per heavy atom. The van der Waals surface area contributed by atoms with Gasteiger partial charge in [0, 0.05) is 26.8 Å². The molecule has 2 fully saturated rings. The third kappa shape index (κ3) is 4.63. The van der Waals surface area contributed by atoms with Crippen LogP contribution in [-0.4, -0.2) is 34.7 Å². The van der Waals surface area contributed by atoms with Crippen molar-refractivity contribution in [1.82, 2.24) is 15.5 Å². The second kappa shape index (κ2) is 9.81. The van der Waals surface area contributed by atoms with Gasteiger partial charge in [-0.3, -0.25) is 9.59 Å². The van der Waals surface area contributed by atoms with Gasteiger partial charge in [-0.2, -0.15) is 10.2 Å². The van der Waals surface area contributed by atoms with E-state index in [0.717, 1.165) is 50.6 Å². The monoisotopic (exact) mass is 507 g/mol. The zero-order chi connectivity index (χ0) is 26.5. The Labute approximate surface area is 222 Å². The van der Waals surface area contributed by atoms with Gasteiger partial charge in [0.2, 0.25) is 5.91 Å². The number of nitrogens with one attached hydrogen (secondary N) is 1. The lowest BCUT2D eigenvalue weighted by atomic mass is 9.47. The average molecular weight is 508 g/mol. The first-order valence-electron chi connectivity index (χ1n) is 14.5. The summed E-state index contributed by atoms with van der Waals surface area (Å²) in [6.45, 7) is 13.3. The van der Waals surface area contributed by atoms with E-state index in [4.69, 9.17) is 14.9 Å². The lowest BCUT2D eigenvalue weighted by Gasteiger charge is -2.57. The molecular formula is C31H45N3O3. The molecular weight excluding hydrogens is 462 g/mol. The zero-order valence-corrected chi connectivity index (χ0v) is 23.7. The second-order valence-electron chi connectivity index (χ2n) is 13.1. The topological polar surface area (TPSA) is 81.2 Å². The van der Waals surface area contributed by atoms with Crippen LogP contribution < -0.4 is 5.32 Å². The third-order valence-corrected chi connectivity index (χ3v) is 10.7. The van der Waals surface area contributed by atoms with Crippen molar-refractivity contribution >= 4 is 11.9 Å². The standard InChI is InChI=1S/C31H45N3O3/c1-18(17-32-20(3)35)7-10-27-19(2)29-28(34-33-27)16-26-24-9-8-22-15-23(37-21(4)36)11-13-30(22,5)25(24)12-14-31(26,29)6/h8,18,23-26H,7,9-17H2,1-6H3,(H,32,35)/t18?,23?,24?,25?,26?,30-,31-/m0/s1. The molecule has 4 aliphatic carbocycles. The minimum atomic E-state index is -0.155. The van der Waals surface area contributed by atoms with Crippen LogP contribution in [0.2, 0.25) is 0 Å². The van der Waals surface area contributed by atoms with Crippen LogP contribution in [-0.2, 0) is 32.6 Å². The van der Waals surface area contributed by atoms with Gasteiger partial charge in [0.05, 0.1) is 11.4 Å². The smallest absolute Gasteiger partial charge is 0.302 e. The molecule has 7 atom stereocenters. The molecule has 6 nitrogen and oxygen atoms in total. The van der Waals surface area contributed by atoms with Crippen LogP contribution in [0.5, 0.6) is 0 Å². The summed E-state index contributed by atoms with van der Waals surface area (Å²) in [7, 11) is 0. The molecule has 0 saturated heterocycles. The molecule has 5 unspecified atom stereocenters. The molecule has 1 N–H and O–H groups in total. The minimum absolute atomic E-state index is 0.0332. The SMILES string of the molecule is CC(=O)NCC(C)CCc1nnc2c(c1C)[C@@]1(C)CCC3C(CC=C4CC(OC(C)=O)CC[C@@]43C)C1C2. The molecule has 1 heterocycles. The number of hydrogen-bond acceptors (Lipinski definition) is 5. The van der Waals surface area contributed by atoms with Crippen LogP contribution in [0.4, 0.5) is 0 Å². The van der Waals surface area contributed by atoms with Crippen molar-refractivity contribution in [2.45, 2.75) is 111 Å². The molecule has 37 heavy (non-hydrogen) atoms. The van der Waals surface area contributed by atoms with Crippen molar-refractivity contribution in [3.05, 3.63) is 34.2 Å². The van der Waals surface area contributed by atoms with Gasteiger partial charge in [-0.15, -0.1) is 0 Å². The van der Waals surface area contributed by atoms with Gasteiger partial charge in [0.1, 0.15) is 6.10 Å². The summed E-state index contributed by atoms with van der Waals surface area (Å²) in [6.07, 6.45) is 12.2. The fourth-order valence-corrected chi connectivity index (χ4v) is 8.73. The first-order valence-corrected chi connectivity index (χ1v) is 14.5. The predicted molar refractivity (Wildman–Crippen MR) is 144 cm³/mol. The summed E-state index contributed by atoms with van der Waals surface area (Å²) in [5.74, 6) is 2.28. The zero-order valence-electron chi connectivity index (χ0n) is 23.7. The van der Waals surface area contributed by atoms with Crippen LogP contribution in [0.25, 0.3) is 0 Å². The molecule has 5 rings (SSSR count). The van der Waals surface area contributed by atoms with Crippen LogP contribution >= 0.6 is 0 Å². The first-order chi connectivity index (χ1) is 17.5. The number of fused-ring (bicyclic) bond motifs is 7. The maximum atomic E-state index is 11.6. The molecule has 0 spiro atoms. The van der Waals surface area contributed by atoms with E-state index in [1.807, 2.05) is 0 Å². The number of ether oxygens (including phenoxy) is 1. The number of carbonyl (C=O) groups excluding carboxylic acids is 2. The van der Waals surface area contributed by atoms with Crippen molar-refractivity contribution in [2.75, 3.05) is 6.54 Å². The number of carbonyl (C=O) groups is 2. The fourth-order valence-electron chi connectivity index (χ4n) is 8.73. The van der Waals surface area contributed by atoms with Gasteiger partial charge in [0.15, 0.2) is 0 Å². The summed E-state index contributed by atoms with van der Waals surface area (Å²) in [6, 6.07) is 0. The Kier molecular flexibility index (Phi) is 6.99. The number of aryl methyl sites for hydroxylation is 1. The molecule has 2 saturated carbocycles. The molecule has 1 amide bonds.